The first kappa shape index (κ1) is 13.3. The first-order chi connectivity index (χ1) is 8.03. The molecule has 1 amide bonds. The molecule has 1 aromatic carbocycles. The summed E-state index contributed by atoms with van der Waals surface area (Å²) in [6.07, 6.45) is 0.506. The van der Waals surface area contributed by atoms with Crippen LogP contribution in [-0.4, -0.2) is 23.2 Å². The van der Waals surface area contributed by atoms with Gasteiger partial charge in [-0.25, -0.2) is 0 Å². The van der Waals surface area contributed by atoms with Gasteiger partial charge in [0.1, 0.15) is 0 Å². The predicted octanol–water partition coefficient (Wildman–Crippen LogP) is 1.32. The molecule has 0 saturated carbocycles. The van der Waals surface area contributed by atoms with Crippen LogP contribution in [0.2, 0.25) is 0 Å². The summed E-state index contributed by atoms with van der Waals surface area (Å²) in [7, 11) is 0. The zero-order valence-electron chi connectivity index (χ0n) is 10.2. The van der Waals surface area contributed by atoms with Crippen LogP contribution in [0.3, 0.4) is 0 Å². The number of nitrogens with one attached hydrogen (secondary N) is 1. The highest BCUT2D eigenvalue weighted by Crippen LogP contribution is 2.06. The van der Waals surface area contributed by atoms with Gasteiger partial charge in [0.05, 0.1) is 0 Å². The molecule has 0 spiro atoms. The molecule has 0 aliphatic carbocycles. The van der Waals surface area contributed by atoms with E-state index in [4.69, 9.17) is 5.11 Å². The average molecular weight is 231 g/mol. The molecule has 0 aliphatic heterocycles. The van der Waals surface area contributed by atoms with Gasteiger partial charge < -0.3 is 10.4 Å². The lowest BCUT2D eigenvalue weighted by Gasteiger charge is -2.23. The zero-order valence-corrected chi connectivity index (χ0v) is 10.2. The van der Waals surface area contributed by atoms with Crippen LogP contribution in [0.25, 0.3) is 0 Å². The van der Waals surface area contributed by atoms with Crippen LogP contribution in [0.15, 0.2) is 30.3 Å². The summed E-state index contributed by atoms with van der Waals surface area (Å²) < 4.78 is 0. The molecule has 0 aliphatic rings. The van der Waals surface area contributed by atoms with Crippen LogP contribution in [-0.2, 0) is 4.79 Å². The van der Waals surface area contributed by atoms with Crippen molar-refractivity contribution >= 4 is 5.91 Å². The summed E-state index contributed by atoms with van der Waals surface area (Å²) in [5.41, 5.74) is 0.375. The normalized spacial score (nSPS) is 10.3. The molecule has 0 fully saturated rings. The monoisotopic (exact) mass is 231 g/mol. The Morgan fingerprint density at radius 3 is 2.59 bits per heavy atom. The van der Waals surface area contributed by atoms with Gasteiger partial charge in [0.2, 0.25) is 0 Å². The molecule has 0 atom stereocenters. The van der Waals surface area contributed by atoms with E-state index in [-0.39, 0.29) is 12.5 Å². The van der Waals surface area contributed by atoms with Crippen molar-refractivity contribution in [3.63, 3.8) is 0 Å². The molecule has 2 N–H and O–H groups in total. The van der Waals surface area contributed by atoms with Crippen molar-refractivity contribution in [2.45, 2.75) is 25.8 Å². The molecule has 90 valence electrons. The second-order valence-corrected chi connectivity index (χ2v) is 4.43. The van der Waals surface area contributed by atoms with Crippen LogP contribution in [0.1, 0.15) is 25.8 Å². The SMILES string of the molecule is CC(C)(CCO)NC(=O)C#Cc1ccccc1. The summed E-state index contributed by atoms with van der Waals surface area (Å²) in [5.74, 6) is 4.99. The number of hydrogen-bond acceptors (Lipinski definition) is 2. The lowest BCUT2D eigenvalue weighted by molar-refractivity contribution is -0.117. The van der Waals surface area contributed by atoms with E-state index in [2.05, 4.69) is 17.2 Å². The van der Waals surface area contributed by atoms with E-state index < -0.39 is 5.54 Å². The quantitative estimate of drug-likeness (QED) is 0.771. The Labute approximate surface area is 102 Å². The van der Waals surface area contributed by atoms with Gasteiger partial charge >= 0.3 is 0 Å². The highest BCUT2D eigenvalue weighted by molar-refractivity contribution is 5.94. The summed E-state index contributed by atoms with van der Waals surface area (Å²) in [6, 6.07) is 9.34. The standard InChI is InChI=1S/C14H17NO2/c1-14(2,10-11-16)15-13(17)9-8-12-6-4-3-5-7-12/h3-7,16H,10-11H2,1-2H3,(H,15,17). The lowest BCUT2D eigenvalue weighted by Crippen LogP contribution is -2.43. The Morgan fingerprint density at radius 2 is 2.00 bits per heavy atom. The van der Waals surface area contributed by atoms with E-state index in [1.807, 2.05) is 44.2 Å². The van der Waals surface area contributed by atoms with Crippen LogP contribution in [0.4, 0.5) is 0 Å². The van der Waals surface area contributed by atoms with Gasteiger partial charge in [-0.1, -0.05) is 24.1 Å². The topological polar surface area (TPSA) is 49.3 Å². The van der Waals surface area contributed by atoms with Crippen molar-refractivity contribution in [3.8, 4) is 11.8 Å². The van der Waals surface area contributed by atoms with Gasteiger partial charge in [-0.2, -0.15) is 0 Å². The molecule has 1 aromatic rings. The lowest BCUT2D eigenvalue weighted by atomic mass is 10.0. The number of aliphatic hydroxyl groups excluding tert-OH is 1. The maximum atomic E-state index is 11.5. The van der Waals surface area contributed by atoms with Gasteiger partial charge in [-0.05, 0) is 32.4 Å². The maximum absolute atomic E-state index is 11.5. The predicted molar refractivity (Wildman–Crippen MR) is 67.2 cm³/mol. The molecule has 0 bridgehead atoms. The van der Waals surface area contributed by atoms with Gasteiger partial charge in [0.25, 0.3) is 5.91 Å². The Bertz CT molecular complexity index is 427. The number of amides is 1. The van der Waals surface area contributed by atoms with E-state index in [1.54, 1.807) is 0 Å². The average Bonchev–Trinajstić information content (AvgIpc) is 2.27. The van der Waals surface area contributed by atoms with Crippen molar-refractivity contribution in [2.75, 3.05) is 6.61 Å². The third-order valence-electron chi connectivity index (χ3n) is 2.28. The molecule has 0 unspecified atom stereocenters. The molecule has 3 heteroatoms. The Hall–Kier alpha value is -1.79. The van der Waals surface area contributed by atoms with Crippen LogP contribution < -0.4 is 5.32 Å². The van der Waals surface area contributed by atoms with Crippen LogP contribution >= 0.6 is 0 Å². The number of benzene rings is 1. The molecule has 0 aromatic heterocycles. The van der Waals surface area contributed by atoms with Crippen molar-refractivity contribution in [3.05, 3.63) is 35.9 Å². The van der Waals surface area contributed by atoms with Crippen LogP contribution in [0.5, 0.6) is 0 Å². The maximum Gasteiger partial charge on any atom is 0.296 e. The third-order valence-corrected chi connectivity index (χ3v) is 2.28. The van der Waals surface area contributed by atoms with E-state index in [0.717, 1.165) is 5.56 Å². The summed E-state index contributed by atoms with van der Waals surface area (Å²) in [4.78, 5) is 11.5. The smallest absolute Gasteiger partial charge is 0.296 e. The highest BCUT2D eigenvalue weighted by atomic mass is 16.3. The second kappa shape index (κ2) is 6.07. The minimum Gasteiger partial charge on any atom is -0.396 e. The number of rotatable bonds is 3. The summed E-state index contributed by atoms with van der Waals surface area (Å²) in [5, 5.41) is 11.6. The molecular formula is C14H17NO2. The van der Waals surface area contributed by atoms with Gasteiger partial charge in [0, 0.05) is 23.6 Å². The largest absolute Gasteiger partial charge is 0.396 e. The Kier molecular flexibility index (Phi) is 4.74. The highest BCUT2D eigenvalue weighted by Gasteiger charge is 2.18. The van der Waals surface area contributed by atoms with Crippen molar-refractivity contribution in [2.24, 2.45) is 0 Å². The molecule has 17 heavy (non-hydrogen) atoms. The fourth-order valence-electron chi connectivity index (χ4n) is 1.33. The minimum atomic E-state index is -0.433. The summed E-state index contributed by atoms with van der Waals surface area (Å²) >= 11 is 0. The molecular weight excluding hydrogens is 214 g/mol. The number of carbonyl (C=O) groups excluding carboxylic acids is 1. The third kappa shape index (κ3) is 5.19. The number of hydrogen-bond donors (Lipinski definition) is 2. The van der Waals surface area contributed by atoms with Crippen molar-refractivity contribution in [1.29, 1.82) is 0 Å². The van der Waals surface area contributed by atoms with Gasteiger partial charge in [-0.15, -0.1) is 0 Å². The van der Waals surface area contributed by atoms with E-state index in [1.165, 1.54) is 0 Å². The van der Waals surface area contributed by atoms with Crippen molar-refractivity contribution in [1.82, 2.24) is 5.32 Å². The number of carbonyl (C=O) groups is 1. The molecule has 3 nitrogen and oxygen atoms in total. The zero-order chi connectivity index (χ0) is 12.7. The second-order valence-electron chi connectivity index (χ2n) is 4.43. The molecule has 0 heterocycles. The molecule has 0 saturated heterocycles. The minimum absolute atomic E-state index is 0.0411. The van der Waals surface area contributed by atoms with E-state index >= 15 is 0 Å². The first-order valence-electron chi connectivity index (χ1n) is 5.53. The summed E-state index contributed by atoms with van der Waals surface area (Å²) in [6.45, 7) is 3.75. The Morgan fingerprint density at radius 1 is 1.35 bits per heavy atom. The first-order valence-corrected chi connectivity index (χ1v) is 5.53. The van der Waals surface area contributed by atoms with Crippen LogP contribution in [0, 0.1) is 11.8 Å². The van der Waals surface area contributed by atoms with E-state index in [9.17, 15) is 4.79 Å². The molecule has 1 rings (SSSR count). The van der Waals surface area contributed by atoms with E-state index in [0.29, 0.717) is 6.42 Å². The molecule has 0 radical (unpaired) electrons. The fourth-order valence-corrected chi connectivity index (χ4v) is 1.33. The van der Waals surface area contributed by atoms with Gasteiger partial charge in [-0.3, -0.25) is 4.79 Å². The number of aliphatic hydroxyl groups is 1. The van der Waals surface area contributed by atoms with Gasteiger partial charge in [0.15, 0.2) is 0 Å². The fraction of sp³-hybridized carbons (Fsp3) is 0.357. The van der Waals surface area contributed by atoms with Crippen molar-refractivity contribution < 1.29 is 9.90 Å². The Balaban J connectivity index is 2.59.